The van der Waals surface area contributed by atoms with Crippen molar-refractivity contribution in [1.29, 1.82) is 0 Å². The van der Waals surface area contributed by atoms with Crippen molar-refractivity contribution in [1.82, 2.24) is 14.1 Å². The highest BCUT2D eigenvalue weighted by atomic mass is 16.5. The molecule has 0 saturated heterocycles. The van der Waals surface area contributed by atoms with E-state index >= 15 is 0 Å². The molecule has 0 saturated carbocycles. The molecule has 0 radical (unpaired) electrons. The predicted molar refractivity (Wildman–Crippen MR) is 141 cm³/mol. The summed E-state index contributed by atoms with van der Waals surface area (Å²) in [6, 6.07) is 7.92. The zero-order valence-electron chi connectivity index (χ0n) is 20.7. The molecule has 36 heavy (non-hydrogen) atoms. The SMILES string of the molecule is CCc1c(NCCCn2cnc3ccccc32)c2c3c(c1N)c(=O)c(C(=O)O)cn3[C@H](C(C)C)CO2. The van der Waals surface area contributed by atoms with Crippen molar-refractivity contribution in [2.45, 2.75) is 46.2 Å². The van der Waals surface area contributed by atoms with E-state index in [4.69, 9.17) is 10.5 Å². The van der Waals surface area contributed by atoms with Gasteiger partial charge >= 0.3 is 5.97 Å². The third-order valence-electron chi connectivity index (χ3n) is 7.09. The number of nitrogens with zero attached hydrogens (tertiary/aromatic N) is 3. The number of rotatable bonds is 8. The first-order chi connectivity index (χ1) is 17.3. The summed E-state index contributed by atoms with van der Waals surface area (Å²) in [5, 5.41) is 13.5. The van der Waals surface area contributed by atoms with Gasteiger partial charge < -0.3 is 30.0 Å². The Morgan fingerprint density at radius 3 is 2.83 bits per heavy atom. The van der Waals surface area contributed by atoms with Crippen molar-refractivity contribution < 1.29 is 14.6 Å². The molecular formula is C27H31N5O4. The quantitative estimate of drug-likeness (QED) is 0.249. The summed E-state index contributed by atoms with van der Waals surface area (Å²) in [5.74, 6) is -0.526. The number of aryl methyl sites for hydroxylation is 1. The Balaban J connectivity index is 1.55. The Morgan fingerprint density at radius 1 is 1.33 bits per heavy atom. The van der Waals surface area contributed by atoms with Crippen LogP contribution < -0.4 is 21.2 Å². The van der Waals surface area contributed by atoms with Gasteiger partial charge in [-0.25, -0.2) is 9.78 Å². The summed E-state index contributed by atoms with van der Waals surface area (Å²) < 4.78 is 10.3. The van der Waals surface area contributed by atoms with Crippen LogP contribution >= 0.6 is 0 Å². The minimum atomic E-state index is -1.26. The van der Waals surface area contributed by atoms with Gasteiger partial charge in [-0.2, -0.15) is 0 Å². The number of benzene rings is 2. The first-order valence-corrected chi connectivity index (χ1v) is 12.4. The van der Waals surface area contributed by atoms with Crippen molar-refractivity contribution in [3.8, 4) is 5.75 Å². The number of nitrogens with two attached hydrogens (primary N) is 1. The van der Waals surface area contributed by atoms with E-state index in [0.717, 1.165) is 35.2 Å². The van der Waals surface area contributed by atoms with Crippen LogP contribution in [0.5, 0.6) is 5.75 Å². The first-order valence-electron chi connectivity index (χ1n) is 12.4. The predicted octanol–water partition coefficient (Wildman–Crippen LogP) is 4.29. The molecule has 9 nitrogen and oxygen atoms in total. The van der Waals surface area contributed by atoms with Gasteiger partial charge in [-0.15, -0.1) is 0 Å². The molecule has 0 unspecified atom stereocenters. The van der Waals surface area contributed by atoms with E-state index < -0.39 is 11.4 Å². The number of carbonyl (C=O) groups is 1. The Morgan fingerprint density at radius 2 is 2.11 bits per heavy atom. The van der Waals surface area contributed by atoms with Crippen LogP contribution in [0.25, 0.3) is 21.9 Å². The lowest BCUT2D eigenvalue weighted by atomic mass is 9.96. The third kappa shape index (κ3) is 3.75. The number of pyridine rings is 1. The van der Waals surface area contributed by atoms with Crippen molar-refractivity contribution in [2.24, 2.45) is 5.92 Å². The summed E-state index contributed by atoms with van der Waals surface area (Å²) in [5.41, 5.74) is 10.2. The van der Waals surface area contributed by atoms with Gasteiger partial charge in [-0.1, -0.05) is 32.9 Å². The molecule has 1 aliphatic rings. The lowest BCUT2D eigenvalue weighted by Crippen LogP contribution is -2.31. The zero-order valence-corrected chi connectivity index (χ0v) is 20.7. The number of nitrogens with one attached hydrogen (secondary N) is 1. The van der Waals surface area contributed by atoms with Gasteiger partial charge in [0.25, 0.3) is 0 Å². The van der Waals surface area contributed by atoms with E-state index in [1.54, 1.807) is 0 Å². The lowest BCUT2D eigenvalue weighted by Gasteiger charge is -2.34. The van der Waals surface area contributed by atoms with Crippen LogP contribution in [0.15, 0.2) is 41.6 Å². The van der Waals surface area contributed by atoms with Crippen molar-refractivity contribution >= 4 is 39.3 Å². The smallest absolute Gasteiger partial charge is 0.341 e. The standard InChI is InChI=1S/C27H31N5O4/c1-4-16-22(28)21-24-26(36-13-20(15(2)3)32(24)12-17(25(21)33)27(34)35)23(16)29-10-7-11-31-14-30-18-8-5-6-9-19(18)31/h5-6,8-9,12,14-15,20,29H,4,7,10-11,13,28H2,1-3H3,(H,34,35)/t20-/m0/s1. The summed E-state index contributed by atoms with van der Waals surface area (Å²) in [4.78, 5) is 29.6. The molecule has 1 aliphatic heterocycles. The van der Waals surface area contributed by atoms with Gasteiger partial charge in [0.05, 0.1) is 45.7 Å². The van der Waals surface area contributed by atoms with Gasteiger partial charge in [0.1, 0.15) is 12.2 Å². The van der Waals surface area contributed by atoms with Crippen LogP contribution in [0.3, 0.4) is 0 Å². The van der Waals surface area contributed by atoms with E-state index in [9.17, 15) is 14.7 Å². The number of aromatic carboxylic acids is 1. The molecule has 5 rings (SSSR count). The van der Waals surface area contributed by atoms with Crippen LogP contribution in [-0.4, -0.2) is 38.3 Å². The largest absolute Gasteiger partial charge is 0.487 e. The van der Waals surface area contributed by atoms with Gasteiger partial charge in [0.2, 0.25) is 5.43 Å². The Bertz CT molecular complexity index is 1540. The maximum atomic E-state index is 13.2. The van der Waals surface area contributed by atoms with Crippen molar-refractivity contribution in [2.75, 3.05) is 24.2 Å². The first kappa shape index (κ1) is 23.7. The molecule has 4 aromatic rings. The number of ether oxygens (including phenoxy) is 1. The molecular weight excluding hydrogens is 458 g/mol. The van der Waals surface area contributed by atoms with E-state index in [-0.39, 0.29) is 22.9 Å². The van der Waals surface area contributed by atoms with Gasteiger partial charge in [-0.05, 0) is 30.9 Å². The summed E-state index contributed by atoms with van der Waals surface area (Å²) in [7, 11) is 0. The third-order valence-corrected chi connectivity index (χ3v) is 7.09. The number of aromatic nitrogens is 3. The Kier molecular flexibility index (Phi) is 6.07. The van der Waals surface area contributed by atoms with Gasteiger partial charge in [0.15, 0.2) is 5.75 Å². The van der Waals surface area contributed by atoms with E-state index in [1.807, 2.05) is 49.9 Å². The summed E-state index contributed by atoms with van der Waals surface area (Å²) in [6.45, 7) is 7.89. The maximum absolute atomic E-state index is 13.2. The van der Waals surface area contributed by atoms with Crippen LogP contribution in [0, 0.1) is 5.92 Å². The molecule has 188 valence electrons. The molecule has 2 aromatic carbocycles. The number of para-hydroxylation sites is 2. The highest BCUT2D eigenvalue weighted by molar-refractivity contribution is 6.05. The van der Waals surface area contributed by atoms with Crippen LogP contribution in [0.1, 0.15) is 49.2 Å². The Hall–Kier alpha value is -4.01. The second-order valence-corrected chi connectivity index (χ2v) is 9.59. The maximum Gasteiger partial charge on any atom is 0.341 e. The number of carboxylic acids is 1. The highest BCUT2D eigenvalue weighted by Crippen LogP contribution is 2.45. The topological polar surface area (TPSA) is 124 Å². The average molecular weight is 490 g/mol. The summed E-state index contributed by atoms with van der Waals surface area (Å²) >= 11 is 0. The number of anilines is 2. The van der Waals surface area contributed by atoms with E-state index in [0.29, 0.717) is 36.5 Å². The number of nitrogen functional groups attached to an aromatic ring is 1. The lowest BCUT2D eigenvalue weighted by molar-refractivity contribution is 0.0694. The molecule has 0 spiro atoms. The average Bonchev–Trinajstić information content (AvgIpc) is 3.27. The number of fused-ring (bicyclic) bond motifs is 1. The molecule has 1 atom stereocenters. The van der Waals surface area contributed by atoms with Gasteiger partial charge in [0, 0.05) is 24.8 Å². The van der Waals surface area contributed by atoms with Crippen LogP contribution in [0.2, 0.25) is 0 Å². The number of carboxylic acid groups (broad SMARTS) is 1. The molecule has 2 aromatic heterocycles. The number of hydrogen-bond acceptors (Lipinski definition) is 6. The second-order valence-electron chi connectivity index (χ2n) is 9.59. The monoisotopic (exact) mass is 489 g/mol. The molecule has 0 amide bonds. The molecule has 3 heterocycles. The fraction of sp³-hybridized carbons (Fsp3) is 0.370. The molecule has 0 bridgehead atoms. The van der Waals surface area contributed by atoms with Crippen LogP contribution in [-0.2, 0) is 13.0 Å². The van der Waals surface area contributed by atoms with Crippen molar-refractivity contribution in [3.05, 3.63) is 58.1 Å². The van der Waals surface area contributed by atoms with Gasteiger partial charge in [-0.3, -0.25) is 4.79 Å². The molecule has 0 fully saturated rings. The fourth-order valence-electron chi connectivity index (χ4n) is 5.18. The molecule has 0 aliphatic carbocycles. The fourth-order valence-corrected chi connectivity index (χ4v) is 5.18. The number of imidazole rings is 1. The highest BCUT2D eigenvalue weighted by Gasteiger charge is 2.32. The molecule has 9 heteroatoms. The normalized spacial score (nSPS) is 14.9. The van der Waals surface area contributed by atoms with E-state index in [2.05, 4.69) is 20.9 Å². The Labute approximate surface area is 208 Å². The second kappa shape index (κ2) is 9.22. The zero-order chi connectivity index (χ0) is 25.6. The van der Waals surface area contributed by atoms with E-state index in [1.165, 1.54) is 6.20 Å². The van der Waals surface area contributed by atoms with Crippen LogP contribution in [0.4, 0.5) is 11.4 Å². The number of hydrogen-bond donors (Lipinski definition) is 3. The summed E-state index contributed by atoms with van der Waals surface area (Å²) in [6.07, 6.45) is 4.70. The minimum absolute atomic E-state index is 0.118. The minimum Gasteiger partial charge on any atom is -0.487 e. The molecule has 4 N–H and O–H groups in total. The van der Waals surface area contributed by atoms with Crippen molar-refractivity contribution in [3.63, 3.8) is 0 Å².